The lowest BCUT2D eigenvalue weighted by Crippen LogP contribution is -2.12. The highest BCUT2D eigenvalue weighted by molar-refractivity contribution is 5.69. The summed E-state index contributed by atoms with van der Waals surface area (Å²) in [5.41, 5.74) is 2.43. The van der Waals surface area contributed by atoms with E-state index in [-0.39, 0.29) is 19.2 Å². The van der Waals surface area contributed by atoms with Crippen molar-refractivity contribution in [2.45, 2.75) is 32.3 Å². The number of carbonyl (C=O) groups is 1. The second-order valence-corrected chi connectivity index (χ2v) is 6.96. The molecule has 0 aromatic heterocycles. The van der Waals surface area contributed by atoms with Crippen molar-refractivity contribution in [1.82, 2.24) is 0 Å². The third kappa shape index (κ3) is 8.13. The SMILES string of the molecule is C=C(C)C(=C)OCCCCC(=O)OCCOc1ccc(C(O)c2ccccc2)cc1. The van der Waals surface area contributed by atoms with Gasteiger partial charge in [0, 0.05) is 6.42 Å². The summed E-state index contributed by atoms with van der Waals surface area (Å²) < 4.78 is 16.2. The maximum atomic E-state index is 11.7. The van der Waals surface area contributed by atoms with Gasteiger partial charge in [0.2, 0.25) is 0 Å². The van der Waals surface area contributed by atoms with Crippen LogP contribution >= 0.6 is 0 Å². The molecule has 5 heteroatoms. The van der Waals surface area contributed by atoms with Gasteiger partial charge in [-0.15, -0.1) is 0 Å². The molecule has 0 aliphatic rings. The summed E-state index contributed by atoms with van der Waals surface area (Å²) in [6.07, 6.45) is 1.10. The molecule has 0 radical (unpaired) electrons. The van der Waals surface area contributed by atoms with Gasteiger partial charge in [-0.1, -0.05) is 55.6 Å². The van der Waals surface area contributed by atoms with E-state index in [1.165, 1.54) is 0 Å². The van der Waals surface area contributed by atoms with E-state index in [1.807, 2.05) is 49.4 Å². The minimum Gasteiger partial charge on any atom is -0.494 e. The molecule has 0 aliphatic heterocycles. The predicted molar refractivity (Wildman–Crippen MR) is 117 cm³/mol. The Labute approximate surface area is 178 Å². The van der Waals surface area contributed by atoms with Crippen LogP contribution in [0.15, 0.2) is 79.1 Å². The van der Waals surface area contributed by atoms with E-state index in [9.17, 15) is 9.90 Å². The van der Waals surface area contributed by atoms with Crippen molar-refractivity contribution >= 4 is 5.97 Å². The molecular formula is C25H30O5. The summed E-state index contributed by atoms with van der Waals surface area (Å²) in [4.78, 5) is 11.7. The minimum atomic E-state index is -0.675. The van der Waals surface area contributed by atoms with Gasteiger partial charge in [0.15, 0.2) is 0 Å². The second kappa shape index (κ2) is 12.5. The average Bonchev–Trinajstić information content (AvgIpc) is 2.76. The Balaban J connectivity index is 1.60. The summed E-state index contributed by atoms with van der Waals surface area (Å²) in [5.74, 6) is 0.987. The van der Waals surface area contributed by atoms with E-state index in [2.05, 4.69) is 13.2 Å². The summed E-state index contributed by atoms with van der Waals surface area (Å²) in [5, 5.41) is 10.4. The Kier molecular flexibility index (Phi) is 9.68. The fraction of sp³-hybridized carbons (Fsp3) is 0.320. The molecular weight excluding hydrogens is 380 g/mol. The molecule has 5 nitrogen and oxygen atoms in total. The first kappa shape index (κ1) is 23.2. The smallest absolute Gasteiger partial charge is 0.305 e. The summed E-state index contributed by atoms with van der Waals surface area (Å²) in [7, 11) is 0. The van der Waals surface area contributed by atoms with Crippen LogP contribution in [0.25, 0.3) is 0 Å². The normalized spacial score (nSPS) is 11.4. The molecule has 0 aliphatic carbocycles. The summed E-state index contributed by atoms with van der Waals surface area (Å²) in [6, 6.07) is 16.7. The zero-order chi connectivity index (χ0) is 21.8. The van der Waals surface area contributed by atoms with Crippen molar-refractivity contribution in [2.75, 3.05) is 19.8 Å². The fourth-order valence-corrected chi connectivity index (χ4v) is 2.65. The molecule has 2 aromatic carbocycles. The first-order chi connectivity index (χ1) is 14.5. The zero-order valence-electron chi connectivity index (χ0n) is 17.5. The Morgan fingerprint density at radius 2 is 1.57 bits per heavy atom. The molecule has 0 amide bonds. The van der Waals surface area contributed by atoms with Crippen molar-refractivity contribution < 1.29 is 24.1 Å². The number of aliphatic hydroxyl groups is 1. The monoisotopic (exact) mass is 410 g/mol. The highest BCUT2D eigenvalue weighted by Crippen LogP contribution is 2.23. The Morgan fingerprint density at radius 1 is 0.900 bits per heavy atom. The van der Waals surface area contributed by atoms with Gasteiger partial charge >= 0.3 is 5.97 Å². The fourth-order valence-electron chi connectivity index (χ4n) is 2.65. The van der Waals surface area contributed by atoms with Gasteiger partial charge in [-0.2, -0.15) is 0 Å². The topological polar surface area (TPSA) is 65.0 Å². The van der Waals surface area contributed by atoms with E-state index in [4.69, 9.17) is 14.2 Å². The molecule has 0 spiro atoms. The molecule has 160 valence electrons. The van der Waals surface area contributed by atoms with Crippen LogP contribution in [0.1, 0.15) is 43.4 Å². The molecule has 2 aromatic rings. The van der Waals surface area contributed by atoms with Crippen LogP contribution in [0, 0.1) is 0 Å². The van der Waals surface area contributed by atoms with Gasteiger partial charge in [0.1, 0.15) is 30.8 Å². The minimum absolute atomic E-state index is 0.191. The largest absolute Gasteiger partial charge is 0.494 e. The number of benzene rings is 2. The molecule has 1 N–H and O–H groups in total. The number of unbranched alkanes of at least 4 members (excludes halogenated alkanes) is 1. The van der Waals surface area contributed by atoms with Crippen LogP contribution in [0.2, 0.25) is 0 Å². The molecule has 0 fully saturated rings. The van der Waals surface area contributed by atoms with Crippen LogP contribution < -0.4 is 4.74 Å². The number of ether oxygens (including phenoxy) is 3. The number of hydrogen-bond donors (Lipinski definition) is 1. The molecule has 2 rings (SSSR count). The molecule has 0 bridgehead atoms. The maximum Gasteiger partial charge on any atom is 0.305 e. The third-order valence-electron chi connectivity index (χ3n) is 4.45. The number of allylic oxidation sites excluding steroid dienone is 1. The first-order valence-electron chi connectivity index (χ1n) is 10.1. The van der Waals surface area contributed by atoms with E-state index >= 15 is 0 Å². The average molecular weight is 411 g/mol. The summed E-state index contributed by atoms with van der Waals surface area (Å²) in [6.45, 7) is 10.3. The van der Waals surface area contributed by atoms with Gasteiger partial charge in [-0.25, -0.2) is 0 Å². The standard InChI is InChI=1S/C25H30O5/c1-19(2)20(3)28-16-8-7-11-24(26)30-18-17-29-23-14-12-22(13-15-23)25(27)21-9-5-4-6-10-21/h4-6,9-10,12-15,25,27H,1,3,7-8,11,16-18H2,2H3. The molecule has 1 atom stereocenters. The number of esters is 1. The van der Waals surface area contributed by atoms with E-state index < -0.39 is 6.10 Å². The van der Waals surface area contributed by atoms with Gasteiger partial charge < -0.3 is 19.3 Å². The van der Waals surface area contributed by atoms with Crippen LogP contribution in [0.3, 0.4) is 0 Å². The lowest BCUT2D eigenvalue weighted by atomic mass is 10.0. The molecule has 0 saturated heterocycles. The highest BCUT2D eigenvalue weighted by Gasteiger charge is 2.10. The van der Waals surface area contributed by atoms with Crippen molar-refractivity contribution in [2.24, 2.45) is 0 Å². The molecule has 30 heavy (non-hydrogen) atoms. The Hall–Kier alpha value is -3.05. The quantitative estimate of drug-likeness (QED) is 0.219. The predicted octanol–water partition coefficient (Wildman–Crippen LogP) is 4.97. The van der Waals surface area contributed by atoms with Gasteiger partial charge in [0.25, 0.3) is 0 Å². The third-order valence-corrected chi connectivity index (χ3v) is 4.45. The second-order valence-electron chi connectivity index (χ2n) is 6.96. The van der Waals surface area contributed by atoms with Crippen molar-refractivity contribution in [3.05, 3.63) is 90.2 Å². The molecule has 0 heterocycles. The van der Waals surface area contributed by atoms with Crippen LogP contribution in [0.4, 0.5) is 0 Å². The van der Waals surface area contributed by atoms with Gasteiger partial charge in [0.05, 0.1) is 6.61 Å². The number of hydrogen-bond acceptors (Lipinski definition) is 5. The molecule has 1 unspecified atom stereocenters. The van der Waals surface area contributed by atoms with Crippen LogP contribution in [-0.4, -0.2) is 30.9 Å². The number of rotatable bonds is 13. The number of carbonyl (C=O) groups excluding carboxylic acids is 1. The van der Waals surface area contributed by atoms with Gasteiger partial charge in [-0.3, -0.25) is 4.79 Å². The van der Waals surface area contributed by atoms with Crippen LogP contribution in [-0.2, 0) is 14.3 Å². The van der Waals surface area contributed by atoms with E-state index in [0.29, 0.717) is 31.0 Å². The van der Waals surface area contributed by atoms with E-state index in [1.54, 1.807) is 12.1 Å². The maximum absolute atomic E-state index is 11.7. The van der Waals surface area contributed by atoms with Crippen LogP contribution in [0.5, 0.6) is 5.75 Å². The van der Waals surface area contributed by atoms with Crippen molar-refractivity contribution in [3.63, 3.8) is 0 Å². The number of aliphatic hydroxyl groups excluding tert-OH is 1. The first-order valence-corrected chi connectivity index (χ1v) is 10.1. The van der Waals surface area contributed by atoms with E-state index in [0.717, 1.165) is 23.1 Å². The lowest BCUT2D eigenvalue weighted by molar-refractivity contribution is -0.144. The lowest BCUT2D eigenvalue weighted by Gasteiger charge is -2.12. The van der Waals surface area contributed by atoms with Crippen molar-refractivity contribution in [1.29, 1.82) is 0 Å². The summed E-state index contributed by atoms with van der Waals surface area (Å²) >= 11 is 0. The Morgan fingerprint density at radius 3 is 2.23 bits per heavy atom. The van der Waals surface area contributed by atoms with Gasteiger partial charge in [-0.05, 0) is 48.6 Å². The molecule has 0 saturated carbocycles. The Bertz CT molecular complexity index is 811. The zero-order valence-corrected chi connectivity index (χ0v) is 17.5. The van der Waals surface area contributed by atoms with Crippen molar-refractivity contribution in [3.8, 4) is 5.75 Å². The highest BCUT2D eigenvalue weighted by atomic mass is 16.6.